The molecule has 3 atom stereocenters. The zero-order valence-electron chi connectivity index (χ0n) is 27.4. The van der Waals surface area contributed by atoms with E-state index in [1.165, 1.54) is 6.33 Å². The van der Waals surface area contributed by atoms with Crippen molar-refractivity contribution in [1.29, 1.82) is 0 Å². The van der Waals surface area contributed by atoms with Gasteiger partial charge in [0, 0.05) is 6.42 Å². The summed E-state index contributed by atoms with van der Waals surface area (Å²) < 4.78 is 36.8. The zero-order valence-corrected chi connectivity index (χ0v) is 29.4. The van der Waals surface area contributed by atoms with Crippen molar-refractivity contribution in [2.24, 2.45) is 0 Å². The van der Waals surface area contributed by atoms with E-state index in [4.69, 9.17) is 19.3 Å². The van der Waals surface area contributed by atoms with Gasteiger partial charge in [-0.15, -0.1) is 0 Å². The molecule has 240 valence electrons. The van der Waals surface area contributed by atoms with Crippen LogP contribution in [0.4, 0.5) is 10.2 Å². The predicted molar refractivity (Wildman–Crippen MR) is 179 cm³/mol. The van der Waals surface area contributed by atoms with Crippen molar-refractivity contribution in [3.05, 3.63) is 73.1 Å². The molecule has 0 spiro atoms. The number of nitrogens with two attached hydrogens (primary N) is 1. The van der Waals surface area contributed by atoms with Crippen LogP contribution in [0.1, 0.15) is 54.2 Å². The van der Waals surface area contributed by atoms with Gasteiger partial charge in [0.1, 0.15) is 6.23 Å². The van der Waals surface area contributed by atoms with Gasteiger partial charge in [-0.2, -0.15) is 14.4 Å². The Kier molecular flexibility index (Phi) is 8.68. The number of carbonyl (C=O) groups is 1. The number of rotatable bonds is 9. The summed E-state index contributed by atoms with van der Waals surface area (Å²) in [5, 5.41) is 1.72. The molecule has 2 aromatic heterocycles. The highest BCUT2D eigenvalue weighted by Gasteiger charge is 2.57. The molecular formula is C33H44FN5O4Si2. The van der Waals surface area contributed by atoms with Gasteiger partial charge in [0.25, 0.3) is 8.32 Å². The van der Waals surface area contributed by atoms with Crippen LogP contribution in [-0.2, 0) is 18.4 Å². The Bertz CT molecular complexity index is 1620. The van der Waals surface area contributed by atoms with Gasteiger partial charge >= 0.3 is 6.08 Å². The Balaban J connectivity index is 1.62. The highest BCUT2D eigenvalue weighted by Crippen LogP contribution is 2.46. The van der Waals surface area contributed by atoms with E-state index in [0.717, 1.165) is 16.7 Å². The second-order valence-electron chi connectivity index (χ2n) is 14.4. The number of anilines is 1. The average molecular weight is 650 g/mol. The van der Waals surface area contributed by atoms with E-state index in [1.54, 1.807) is 4.57 Å². The van der Waals surface area contributed by atoms with E-state index in [9.17, 15) is 9.18 Å². The highest BCUT2D eigenvalue weighted by molar-refractivity contribution is 6.99. The van der Waals surface area contributed by atoms with Crippen LogP contribution < -0.4 is 16.1 Å². The lowest BCUT2D eigenvalue weighted by molar-refractivity contribution is -0.148. The van der Waals surface area contributed by atoms with Crippen molar-refractivity contribution in [3.63, 3.8) is 0 Å². The van der Waals surface area contributed by atoms with Crippen molar-refractivity contribution in [1.82, 2.24) is 19.5 Å². The van der Waals surface area contributed by atoms with E-state index < -0.39 is 40.6 Å². The van der Waals surface area contributed by atoms with Gasteiger partial charge in [-0.05, 0) is 33.5 Å². The summed E-state index contributed by atoms with van der Waals surface area (Å²) in [6.07, 6.45) is 0.253. The lowest BCUT2D eigenvalue weighted by atomic mass is 10.00. The molecule has 1 fully saturated rings. The topological polar surface area (TPSA) is 114 Å². The molecule has 2 N–H and O–H groups in total. The van der Waals surface area contributed by atoms with E-state index in [2.05, 4.69) is 93.9 Å². The molecule has 3 heterocycles. The third-order valence-corrected chi connectivity index (χ3v) is 18.9. The number of hydrogen-bond acceptors (Lipinski definition) is 8. The summed E-state index contributed by atoms with van der Waals surface area (Å²) in [6, 6.07) is 20.5. The molecule has 9 nitrogen and oxygen atoms in total. The molecule has 12 heteroatoms. The first-order valence-corrected chi connectivity index (χ1v) is 20.1. The minimum atomic E-state index is -3.04. The van der Waals surface area contributed by atoms with Gasteiger partial charge < -0.3 is 19.3 Å². The van der Waals surface area contributed by atoms with Crippen LogP contribution in [0, 0.1) is 6.08 Å². The molecule has 1 saturated heterocycles. The molecule has 0 bridgehead atoms. The molecule has 0 amide bonds. The molecule has 5 rings (SSSR count). The van der Waals surface area contributed by atoms with E-state index in [0.29, 0.717) is 6.42 Å². The van der Waals surface area contributed by atoms with Gasteiger partial charge in [0.15, 0.2) is 37.2 Å². The summed E-state index contributed by atoms with van der Waals surface area (Å²) in [4.78, 5) is 25.3. The average Bonchev–Trinajstić information content (AvgIpc) is 3.55. The lowest BCUT2D eigenvalue weighted by Gasteiger charge is -2.46. The summed E-state index contributed by atoms with van der Waals surface area (Å²) in [7, 11) is -5.45. The number of nitrogen functional groups attached to an aromatic ring is 1. The summed E-state index contributed by atoms with van der Waals surface area (Å²) in [5.74, 6) is -0.0695. The van der Waals surface area contributed by atoms with E-state index >= 15 is 0 Å². The van der Waals surface area contributed by atoms with Crippen LogP contribution >= 0.6 is 0 Å². The van der Waals surface area contributed by atoms with Gasteiger partial charge in [0.2, 0.25) is 0 Å². The van der Waals surface area contributed by atoms with Crippen molar-refractivity contribution in [2.45, 2.75) is 89.1 Å². The van der Waals surface area contributed by atoms with Crippen LogP contribution in [0.15, 0.2) is 67.0 Å². The van der Waals surface area contributed by atoms with Crippen LogP contribution in [0.2, 0.25) is 23.2 Å². The molecular weight excluding hydrogens is 606 g/mol. The van der Waals surface area contributed by atoms with Crippen molar-refractivity contribution >= 4 is 50.3 Å². The number of halogens is 1. The van der Waals surface area contributed by atoms with Crippen molar-refractivity contribution in [2.75, 3.05) is 12.3 Å². The molecule has 0 unspecified atom stereocenters. The number of hydrogen-bond donors (Lipinski definition) is 1. The second-order valence-corrected chi connectivity index (χ2v) is 23.5. The Morgan fingerprint density at radius 2 is 1.58 bits per heavy atom. The van der Waals surface area contributed by atoms with Crippen LogP contribution in [0.5, 0.6) is 0 Å². The molecule has 0 saturated carbocycles. The largest absolute Gasteiger partial charge is 0.410 e. The molecule has 45 heavy (non-hydrogen) atoms. The Morgan fingerprint density at radius 1 is 1.00 bits per heavy atom. The monoisotopic (exact) mass is 649 g/mol. The number of fused-ring (bicyclic) bond motifs is 1. The minimum Gasteiger partial charge on any atom is -0.410 e. The Labute approximate surface area is 266 Å². The first-order chi connectivity index (χ1) is 21.0. The predicted octanol–water partition coefficient (Wildman–Crippen LogP) is 5.37. The summed E-state index contributed by atoms with van der Waals surface area (Å²) in [6.45, 7) is 17.3. The second kappa shape index (κ2) is 11.8. The SMILES string of the molecule is CC(C)(C)[Si](C)(C)O[C@H]1C[C@H](n2cnc3c(N)nc(F)nc32)O[C@]1(C=O)CO[Si](c1ccccc1)(c1ccccc1)C(C)(C)C. The number of aldehydes is 1. The molecule has 0 aliphatic carbocycles. The summed E-state index contributed by atoms with van der Waals surface area (Å²) >= 11 is 0. The molecule has 4 aromatic rings. The number of nitrogens with zero attached hydrogens (tertiary/aromatic N) is 4. The molecule has 2 aromatic carbocycles. The summed E-state index contributed by atoms with van der Waals surface area (Å²) in [5.41, 5.74) is 4.93. The van der Waals surface area contributed by atoms with E-state index in [-0.39, 0.29) is 33.7 Å². The fourth-order valence-electron chi connectivity index (χ4n) is 5.98. The number of aromatic nitrogens is 4. The minimum absolute atomic E-state index is 0.0440. The zero-order chi connectivity index (χ0) is 32.8. The number of ether oxygens (including phenoxy) is 1. The maximum absolute atomic E-state index is 14.3. The molecule has 1 aliphatic heterocycles. The maximum atomic E-state index is 14.3. The Hall–Kier alpha value is -3.30. The highest BCUT2D eigenvalue weighted by atomic mass is 28.4. The normalized spacial score (nSPS) is 21.4. The van der Waals surface area contributed by atoms with Crippen LogP contribution in [0.3, 0.4) is 0 Å². The number of carbonyl (C=O) groups excluding carboxylic acids is 1. The molecule has 1 aliphatic rings. The van der Waals surface area contributed by atoms with Crippen molar-refractivity contribution in [3.8, 4) is 0 Å². The standard InChI is InChI=1S/C33H44FN5O4Si2/c1-31(2,3)44(7,8)43-25-19-26(39-22-36-27-28(35)37-30(34)38-29(27)39)42-33(25,20-40)21-41-45(32(4,5)6,23-15-11-9-12-16-23)24-17-13-10-14-18-24/h9-18,20,22,25-26H,19,21H2,1-8H3,(H2,35,37,38)/t25-,26+,33+/m0/s1. The molecule has 0 radical (unpaired) electrons. The maximum Gasteiger partial charge on any atom is 0.312 e. The van der Waals surface area contributed by atoms with Gasteiger partial charge in [-0.3, -0.25) is 9.36 Å². The number of imidazole rings is 1. The third-order valence-electron chi connectivity index (χ3n) is 9.42. The number of benzene rings is 2. The fraction of sp³-hybridized carbons (Fsp3) is 0.455. The third kappa shape index (κ3) is 5.89. The van der Waals surface area contributed by atoms with Crippen molar-refractivity contribution < 1.29 is 22.8 Å². The van der Waals surface area contributed by atoms with Gasteiger partial charge in [0.05, 0.1) is 19.0 Å². The first kappa shape index (κ1) is 33.1. The van der Waals surface area contributed by atoms with Crippen LogP contribution in [0.25, 0.3) is 11.2 Å². The smallest absolute Gasteiger partial charge is 0.312 e. The van der Waals surface area contributed by atoms with Gasteiger partial charge in [-0.1, -0.05) is 102 Å². The lowest BCUT2D eigenvalue weighted by Crippen LogP contribution is -2.68. The van der Waals surface area contributed by atoms with Crippen LogP contribution in [-0.4, -0.2) is 60.8 Å². The quantitative estimate of drug-likeness (QED) is 0.146. The van der Waals surface area contributed by atoms with E-state index in [1.807, 2.05) is 36.4 Å². The Morgan fingerprint density at radius 3 is 2.09 bits per heavy atom. The fourth-order valence-corrected chi connectivity index (χ4v) is 11.9. The van der Waals surface area contributed by atoms with Gasteiger partial charge in [-0.25, -0.2) is 4.98 Å². The first-order valence-electron chi connectivity index (χ1n) is 15.3.